The summed E-state index contributed by atoms with van der Waals surface area (Å²) in [4.78, 5) is 10.6. The van der Waals surface area contributed by atoms with Gasteiger partial charge in [0.1, 0.15) is 6.42 Å². The highest BCUT2D eigenvalue weighted by Gasteiger charge is 2.31. The smallest absolute Gasteiger partial charge is 0.356 e. The van der Waals surface area contributed by atoms with E-state index < -0.39 is 18.5 Å². The molecular formula is C7H10F3NO. The fraction of sp³-hybridized carbons (Fsp3) is 0.857. The fourth-order valence-corrected chi connectivity index (χ4v) is 0.825. The first kappa shape index (κ1) is 9.35. The number of nitrogens with one attached hydrogen (secondary N) is 1. The normalized spacial score (nSPS) is 17.6. The Morgan fingerprint density at radius 2 is 2.00 bits per heavy atom. The van der Waals surface area contributed by atoms with E-state index in [0.717, 1.165) is 12.8 Å². The Bertz CT molecular complexity index is 174. The summed E-state index contributed by atoms with van der Waals surface area (Å²) in [6, 6.07) is 0. The van der Waals surface area contributed by atoms with Crippen LogP contribution in [-0.4, -0.2) is 18.6 Å². The molecule has 1 aliphatic carbocycles. The minimum atomic E-state index is -4.38. The van der Waals surface area contributed by atoms with Gasteiger partial charge in [-0.25, -0.2) is 0 Å². The van der Waals surface area contributed by atoms with Crippen molar-refractivity contribution in [1.82, 2.24) is 5.32 Å². The summed E-state index contributed by atoms with van der Waals surface area (Å²) in [6.07, 6.45) is -3.70. The largest absolute Gasteiger partial charge is 0.397 e. The second-order valence-electron chi connectivity index (χ2n) is 3.04. The first-order valence-corrected chi connectivity index (χ1v) is 3.81. The van der Waals surface area contributed by atoms with E-state index in [9.17, 15) is 18.0 Å². The van der Waals surface area contributed by atoms with Crippen LogP contribution in [0.15, 0.2) is 0 Å². The second kappa shape index (κ2) is 3.33. The molecular weight excluding hydrogens is 171 g/mol. The maximum Gasteiger partial charge on any atom is 0.397 e. The molecule has 1 saturated carbocycles. The quantitative estimate of drug-likeness (QED) is 0.701. The Morgan fingerprint density at radius 3 is 2.42 bits per heavy atom. The fourth-order valence-electron chi connectivity index (χ4n) is 0.825. The third-order valence-corrected chi connectivity index (χ3v) is 1.65. The van der Waals surface area contributed by atoms with E-state index in [0.29, 0.717) is 12.5 Å². The van der Waals surface area contributed by atoms with Gasteiger partial charge in [-0.15, -0.1) is 0 Å². The molecule has 2 nitrogen and oxygen atoms in total. The van der Waals surface area contributed by atoms with Crippen molar-refractivity contribution < 1.29 is 18.0 Å². The third kappa shape index (κ3) is 4.20. The average Bonchev–Trinajstić information content (AvgIpc) is 2.61. The highest BCUT2D eigenvalue weighted by atomic mass is 19.4. The zero-order valence-electron chi connectivity index (χ0n) is 6.45. The van der Waals surface area contributed by atoms with Crippen LogP contribution in [-0.2, 0) is 4.79 Å². The lowest BCUT2D eigenvalue weighted by atomic mass is 10.3. The van der Waals surface area contributed by atoms with Gasteiger partial charge < -0.3 is 5.32 Å². The molecule has 0 spiro atoms. The van der Waals surface area contributed by atoms with Crippen LogP contribution in [0.1, 0.15) is 19.3 Å². The minimum absolute atomic E-state index is 0.398. The van der Waals surface area contributed by atoms with Crippen molar-refractivity contribution in [2.75, 3.05) is 6.54 Å². The van der Waals surface area contributed by atoms with Crippen molar-refractivity contribution in [3.63, 3.8) is 0 Å². The summed E-state index contributed by atoms with van der Waals surface area (Å²) in [5.41, 5.74) is 0. The van der Waals surface area contributed by atoms with Gasteiger partial charge in [-0.1, -0.05) is 0 Å². The number of hydrogen-bond donors (Lipinski definition) is 1. The summed E-state index contributed by atoms with van der Waals surface area (Å²) in [6.45, 7) is 0.398. The number of amides is 1. The van der Waals surface area contributed by atoms with Crippen LogP contribution in [0.5, 0.6) is 0 Å². The van der Waals surface area contributed by atoms with Gasteiger partial charge in [-0.2, -0.15) is 13.2 Å². The van der Waals surface area contributed by atoms with Crippen LogP contribution in [0.4, 0.5) is 13.2 Å². The molecule has 0 aromatic heterocycles. The molecule has 1 amide bonds. The number of carbonyl (C=O) groups is 1. The monoisotopic (exact) mass is 181 g/mol. The summed E-state index contributed by atoms with van der Waals surface area (Å²) in [5, 5.41) is 2.24. The van der Waals surface area contributed by atoms with Gasteiger partial charge >= 0.3 is 6.18 Å². The van der Waals surface area contributed by atoms with Gasteiger partial charge in [0.15, 0.2) is 0 Å². The Hall–Kier alpha value is -0.740. The van der Waals surface area contributed by atoms with Gasteiger partial charge in [0.05, 0.1) is 0 Å². The number of alkyl halides is 3. The molecule has 0 unspecified atom stereocenters. The Kier molecular flexibility index (Phi) is 2.59. The molecule has 1 rings (SSSR count). The first-order valence-electron chi connectivity index (χ1n) is 3.81. The van der Waals surface area contributed by atoms with E-state index in [4.69, 9.17) is 0 Å². The van der Waals surface area contributed by atoms with Crippen LogP contribution in [0.25, 0.3) is 0 Å². The molecule has 0 bridgehead atoms. The van der Waals surface area contributed by atoms with Crippen molar-refractivity contribution >= 4 is 5.91 Å². The van der Waals surface area contributed by atoms with Crippen LogP contribution in [0, 0.1) is 5.92 Å². The number of hydrogen-bond acceptors (Lipinski definition) is 1. The molecule has 0 saturated heterocycles. The lowest BCUT2D eigenvalue weighted by molar-refractivity contribution is -0.153. The van der Waals surface area contributed by atoms with Crippen LogP contribution in [0.2, 0.25) is 0 Å². The highest BCUT2D eigenvalue weighted by Crippen LogP contribution is 2.27. The van der Waals surface area contributed by atoms with E-state index in [1.54, 1.807) is 0 Å². The van der Waals surface area contributed by atoms with Gasteiger partial charge in [-0.05, 0) is 18.8 Å². The maximum atomic E-state index is 11.6. The Morgan fingerprint density at radius 1 is 1.42 bits per heavy atom. The zero-order valence-corrected chi connectivity index (χ0v) is 6.45. The van der Waals surface area contributed by atoms with E-state index in [1.807, 2.05) is 0 Å². The summed E-state index contributed by atoms with van der Waals surface area (Å²) in [5.74, 6) is -0.503. The van der Waals surface area contributed by atoms with Crippen molar-refractivity contribution in [2.45, 2.75) is 25.4 Å². The second-order valence-corrected chi connectivity index (χ2v) is 3.04. The van der Waals surface area contributed by atoms with Crippen molar-refractivity contribution in [3.8, 4) is 0 Å². The van der Waals surface area contributed by atoms with Crippen LogP contribution >= 0.6 is 0 Å². The summed E-state index contributed by atoms with van der Waals surface area (Å²) in [7, 11) is 0. The van der Waals surface area contributed by atoms with Gasteiger partial charge in [0, 0.05) is 6.54 Å². The maximum absolute atomic E-state index is 11.6. The van der Waals surface area contributed by atoms with Gasteiger partial charge in [0.2, 0.25) is 5.91 Å². The van der Waals surface area contributed by atoms with Crippen molar-refractivity contribution in [1.29, 1.82) is 0 Å². The third-order valence-electron chi connectivity index (χ3n) is 1.65. The van der Waals surface area contributed by atoms with Crippen LogP contribution < -0.4 is 5.32 Å². The molecule has 0 aliphatic heterocycles. The first-order chi connectivity index (χ1) is 5.47. The predicted molar refractivity (Wildman–Crippen MR) is 36.4 cm³/mol. The standard InChI is InChI=1S/C7H10F3NO/c8-7(9,10)3-6(12)11-4-5-1-2-5/h5H,1-4H2,(H,11,12). The molecule has 1 N–H and O–H groups in total. The molecule has 70 valence electrons. The average molecular weight is 181 g/mol. The lowest BCUT2D eigenvalue weighted by Gasteiger charge is -2.06. The van der Waals surface area contributed by atoms with Crippen molar-refractivity contribution in [3.05, 3.63) is 0 Å². The molecule has 0 heterocycles. The molecule has 1 aliphatic rings. The van der Waals surface area contributed by atoms with Gasteiger partial charge in [-0.3, -0.25) is 4.79 Å². The molecule has 5 heteroatoms. The van der Waals surface area contributed by atoms with Crippen LogP contribution in [0.3, 0.4) is 0 Å². The number of halogens is 3. The van der Waals surface area contributed by atoms with E-state index >= 15 is 0 Å². The molecule has 0 atom stereocenters. The van der Waals surface area contributed by atoms with E-state index in [2.05, 4.69) is 5.32 Å². The molecule has 0 aromatic carbocycles. The van der Waals surface area contributed by atoms with E-state index in [-0.39, 0.29) is 0 Å². The highest BCUT2D eigenvalue weighted by molar-refractivity contribution is 5.76. The Balaban J connectivity index is 2.10. The summed E-state index contributed by atoms with van der Waals surface area (Å²) >= 11 is 0. The predicted octanol–water partition coefficient (Wildman–Crippen LogP) is 1.47. The SMILES string of the molecule is O=C(CC(F)(F)F)NCC1CC1. The number of rotatable bonds is 3. The zero-order chi connectivity index (χ0) is 9.19. The minimum Gasteiger partial charge on any atom is -0.356 e. The van der Waals surface area contributed by atoms with E-state index in [1.165, 1.54) is 0 Å². The van der Waals surface area contributed by atoms with Crippen molar-refractivity contribution in [2.24, 2.45) is 5.92 Å². The molecule has 0 radical (unpaired) electrons. The Labute approximate surface area is 68.1 Å². The molecule has 1 fully saturated rings. The topological polar surface area (TPSA) is 29.1 Å². The molecule has 12 heavy (non-hydrogen) atoms. The summed E-state index contributed by atoms with van der Waals surface area (Å²) < 4.78 is 34.8. The lowest BCUT2D eigenvalue weighted by Crippen LogP contribution is -2.29. The molecule has 0 aromatic rings. The van der Waals surface area contributed by atoms with Gasteiger partial charge in [0.25, 0.3) is 0 Å². The number of carbonyl (C=O) groups excluding carboxylic acids is 1.